The van der Waals surface area contributed by atoms with E-state index in [2.05, 4.69) is 15.2 Å². The molecule has 158 valence electrons. The highest BCUT2D eigenvalue weighted by atomic mass is 16.3. The van der Waals surface area contributed by atoms with Crippen LogP contribution < -0.4 is 5.32 Å². The molecule has 1 saturated heterocycles. The number of amides is 2. The molecule has 0 spiro atoms. The van der Waals surface area contributed by atoms with Crippen molar-refractivity contribution in [3.8, 4) is 0 Å². The third-order valence-corrected chi connectivity index (χ3v) is 5.16. The Kier molecular flexibility index (Phi) is 6.54. The molecule has 1 N–H and O–H groups in total. The molecule has 0 bridgehead atoms. The second kappa shape index (κ2) is 9.86. The summed E-state index contributed by atoms with van der Waals surface area (Å²) in [4.78, 5) is 34.0. The molecule has 7 heteroatoms. The number of carbonyl (C=O) groups is 2. The molecule has 0 unspecified atom stereocenters. The number of hydrogen-bond acceptors (Lipinski definition) is 5. The van der Waals surface area contributed by atoms with E-state index in [1.807, 2.05) is 18.2 Å². The summed E-state index contributed by atoms with van der Waals surface area (Å²) in [6, 6.07) is 16.3. The smallest absolute Gasteiger partial charge is 0.270 e. The summed E-state index contributed by atoms with van der Waals surface area (Å²) in [5.41, 5.74) is 1.89. The zero-order valence-corrected chi connectivity index (χ0v) is 17.1. The molecule has 3 heterocycles. The number of furan rings is 1. The van der Waals surface area contributed by atoms with E-state index in [9.17, 15) is 9.59 Å². The van der Waals surface area contributed by atoms with E-state index in [1.54, 1.807) is 59.8 Å². The summed E-state index contributed by atoms with van der Waals surface area (Å²) < 4.78 is 5.36. The summed E-state index contributed by atoms with van der Waals surface area (Å²) in [7, 11) is 0. The van der Waals surface area contributed by atoms with E-state index in [4.69, 9.17) is 4.42 Å². The van der Waals surface area contributed by atoms with E-state index < -0.39 is 0 Å². The van der Waals surface area contributed by atoms with Gasteiger partial charge in [-0.3, -0.25) is 19.5 Å². The van der Waals surface area contributed by atoms with Crippen LogP contribution in [0.2, 0.25) is 0 Å². The van der Waals surface area contributed by atoms with Gasteiger partial charge in [0.05, 0.1) is 6.26 Å². The molecular weight excluding hydrogens is 392 g/mol. The zero-order chi connectivity index (χ0) is 21.5. The van der Waals surface area contributed by atoms with Crippen molar-refractivity contribution in [1.82, 2.24) is 20.1 Å². The molecule has 1 aromatic carbocycles. The van der Waals surface area contributed by atoms with Gasteiger partial charge in [-0.2, -0.15) is 0 Å². The molecule has 2 amide bonds. The Morgan fingerprint density at radius 1 is 0.968 bits per heavy atom. The number of nitrogens with zero attached hydrogens (tertiary/aromatic N) is 3. The third-order valence-electron chi connectivity index (χ3n) is 5.16. The van der Waals surface area contributed by atoms with Crippen molar-refractivity contribution < 1.29 is 14.0 Å². The number of piperazine rings is 1. The fraction of sp³-hybridized carbons (Fsp3) is 0.208. The highest BCUT2D eigenvalue weighted by Crippen LogP contribution is 2.13. The normalized spacial score (nSPS) is 15.0. The van der Waals surface area contributed by atoms with Gasteiger partial charge in [0, 0.05) is 56.8 Å². The maximum absolute atomic E-state index is 13.2. The van der Waals surface area contributed by atoms with Crippen molar-refractivity contribution in [2.45, 2.75) is 6.54 Å². The average Bonchev–Trinajstić information content (AvgIpc) is 3.33. The van der Waals surface area contributed by atoms with Gasteiger partial charge in [-0.1, -0.05) is 18.2 Å². The first-order valence-corrected chi connectivity index (χ1v) is 10.2. The van der Waals surface area contributed by atoms with Crippen molar-refractivity contribution in [2.75, 3.05) is 26.2 Å². The van der Waals surface area contributed by atoms with Crippen LogP contribution >= 0.6 is 0 Å². The van der Waals surface area contributed by atoms with Crippen LogP contribution in [0.25, 0.3) is 6.08 Å². The Balaban J connectivity index is 1.43. The first-order chi connectivity index (χ1) is 15.2. The van der Waals surface area contributed by atoms with Gasteiger partial charge in [-0.15, -0.1) is 0 Å². The Labute approximate surface area is 181 Å². The van der Waals surface area contributed by atoms with Gasteiger partial charge in [-0.05, 0) is 42.0 Å². The lowest BCUT2D eigenvalue weighted by molar-refractivity contribution is -0.129. The van der Waals surface area contributed by atoms with Gasteiger partial charge < -0.3 is 14.6 Å². The van der Waals surface area contributed by atoms with Crippen LogP contribution in [0.15, 0.2) is 83.4 Å². The number of pyridine rings is 1. The fourth-order valence-electron chi connectivity index (χ4n) is 3.48. The van der Waals surface area contributed by atoms with E-state index in [-0.39, 0.29) is 17.5 Å². The largest absolute Gasteiger partial charge is 0.465 e. The predicted octanol–water partition coefficient (Wildman–Crippen LogP) is 2.79. The Hall–Kier alpha value is -3.71. The lowest BCUT2D eigenvalue weighted by atomic mass is 10.2. The first kappa shape index (κ1) is 20.6. The standard InChI is InChI=1S/C24H24N4O3/c29-23(20-5-2-1-3-6-20)26-22(17-21-7-4-16-31-21)24(30)28-14-12-27(13-15-28)18-19-8-10-25-11-9-19/h1-11,16-17H,12-15,18H2,(H,26,29). The lowest BCUT2D eigenvalue weighted by Gasteiger charge is -2.35. The minimum Gasteiger partial charge on any atom is -0.465 e. The molecule has 4 rings (SSSR count). The highest BCUT2D eigenvalue weighted by Gasteiger charge is 2.25. The van der Waals surface area contributed by atoms with Crippen LogP contribution in [0, 0.1) is 0 Å². The highest BCUT2D eigenvalue weighted by molar-refractivity contribution is 6.05. The van der Waals surface area contributed by atoms with E-state index in [0.717, 1.165) is 19.6 Å². The maximum Gasteiger partial charge on any atom is 0.270 e. The number of aromatic nitrogens is 1. The average molecular weight is 416 g/mol. The molecule has 1 fully saturated rings. The fourth-order valence-corrected chi connectivity index (χ4v) is 3.48. The van der Waals surface area contributed by atoms with Crippen molar-refractivity contribution in [3.05, 3.63) is 95.8 Å². The predicted molar refractivity (Wildman–Crippen MR) is 117 cm³/mol. The molecule has 3 aromatic rings. The molecule has 1 aliphatic rings. The van der Waals surface area contributed by atoms with Gasteiger partial charge >= 0.3 is 0 Å². The molecule has 1 aliphatic heterocycles. The van der Waals surface area contributed by atoms with Gasteiger partial charge in [0.15, 0.2) is 0 Å². The maximum atomic E-state index is 13.2. The molecule has 0 saturated carbocycles. The molecule has 7 nitrogen and oxygen atoms in total. The Morgan fingerprint density at radius 2 is 1.71 bits per heavy atom. The topological polar surface area (TPSA) is 78.7 Å². The van der Waals surface area contributed by atoms with Gasteiger partial charge in [0.1, 0.15) is 11.5 Å². The second-order valence-electron chi connectivity index (χ2n) is 7.32. The van der Waals surface area contributed by atoms with Gasteiger partial charge in [0.2, 0.25) is 0 Å². The second-order valence-corrected chi connectivity index (χ2v) is 7.32. The van der Waals surface area contributed by atoms with Crippen LogP contribution in [-0.2, 0) is 11.3 Å². The van der Waals surface area contributed by atoms with Crippen LogP contribution in [0.4, 0.5) is 0 Å². The van der Waals surface area contributed by atoms with Crippen molar-refractivity contribution in [3.63, 3.8) is 0 Å². The van der Waals surface area contributed by atoms with Crippen molar-refractivity contribution in [1.29, 1.82) is 0 Å². The Morgan fingerprint density at radius 3 is 2.39 bits per heavy atom. The van der Waals surface area contributed by atoms with Gasteiger partial charge in [0.25, 0.3) is 11.8 Å². The number of carbonyl (C=O) groups excluding carboxylic acids is 2. The van der Waals surface area contributed by atoms with Crippen LogP contribution in [0.3, 0.4) is 0 Å². The SMILES string of the molecule is O=C(NC(=Cc1ccco1)C(=O)N1CCN(Cc2ccncc2)CC1)c1ccccc1. The molecule has 2 aromatic heterocycles. The molecule has 0 radical (unpaired) electrons. The van der Waals surface area contributed by atoms with Crippen molar-refractivity contribution in [2.24, 2.45) is 0 Å². The molecule has 0 aliphatic carbocycles. The van der Waals surface area contributed by atoms with Crippen LogP contribution in [-0.4, -0.2) is 52.8 Å². The Bertz CT molecular complexity index is 1030. The lowest BCUT2D eigenvalue weighted by Crippen LogP contribution is -2.50. The van der Waals surface area contributed by atoms with Crippen LogP contribution in [0.5, 0.6) is 0 Å². The number of benzene rings is 1. The zero-order valence-electron chi connectivity index (χ0n) is 17.1. The van der Waals surface area contributed by atoms with Crippen molar-refractivity contribution >= 4 is 17.9 Å². The molecule has 31 heavy (non-hydrogen) atoms. The quantitative estimate of drug-likeness (QED) is 0.625. The minimum atomic E-state index is -0.330. The summed E-state index contributed by atoms with van der Waals surface area (Å²) in [5, 5.41) is 2.77. The monoisotopic (exact) mass is 416 g/mol. The summed E-state index contributed by atoms with van der Waals surface area (Å²) in [5.74, 6) is -0.0413. The van der Waals surface area contributed by atoms with E-state index in [0.29, 0.717) is 24.4 Å². The molecule has 0 atom stereocenters. The number of hydrogen-bond donors (Lipinski definition) is 1. The third kappa shape index (κ3) is 5.46. The summed E-state index contributed by atoms with van der Waals surface area (Å²) in [6.45, 7) is 3.51. The first-order valence-electron chi connectivity index (χ1n) is 10.2. The van der Waals surface area contributed by atoms with E-state index in [1.165, 1.54) is 11.8 Å². The minimum absolute atomic E-state index is 0.200. The van der Waals surface area contributed by atoms with E-state index >= 15 is 0 Å². The summed E-state index contributed by atoms with van der Waals surface area (Å²) >= 11 is 0. The van der Waals surface area contributed by atoms with Gasteiger partial charge in [-0.25, -0.2) is 0 Å². The molecular formula is C24H24N4O3. The number of rotatable bonds is 6. The number of nitrogens with one attached hydrogen (secondary N) is 1. The van der Waals surface area contributed by atoms with Crippen LogP contribution in [0.1, 0.15) is 21.7 Å². The summed E-state index contributed by atoms with van der Waals surface area (Å²) in [6.07, 6.45) is 6.68.